The minimum atomic E-state index is -0.264. The first kappa shape index (κ1) is 23.0. The van der Waals surface area contributed by atoms with Crippen LogP contribution in [0.4, 0.5) is 0 Å². The Morgan fingerprint density at radius 1 is 1.31 bits per heavy atom. The molecule has 7 nitrogen and oxygen atoms in total. The van der Waals surface area contributed by atoms with Gasteiger partial charge in [0.15, 0.2) is 5.96 Å². The molecule has 1 aromatic carbocycles. The van der Waals surface area contributed by atoms with E-state index >= 15 is 0 Å². The Morgan fingerprint density at radius 3 is 2.66 bits per heavy atom. The number of carbonyl (C=O) groups excluding carboxylic acids is 1. The molecule has 0 spiro atoms. The summed E-state index contributed by atoms with van der Waals surface area (Å²) in [5.74, 6) is 1.43. The lowest BCUT2D eigenvalue weighted by Gasteiger charge is -2.32. The predicted octanol–water partition coefficient (Wildman–Crippen LogP) is 1.87. The van der Waals surface area contributed by atoms with Crippen LogP contribution in [0.5, 0.6) is 5.75 Å². The maximum absolute atomic E-state index is 11.1. The fourth-order valence-corrected chi connectivity index (χ4v) is 3.34. The first-order valence-electron chi connectivity index (χ1n) is 10.6. The third-order valence-electron chi connectivity index (χ3n) is 4.98. The quantitative estimate of drug-likeness (QED) is 0.350. The highest BCUT2D eigenvalue weighted by atomic mass is 16.5. The third-order valence-corrected chi connectivity index (χ3v) is 4.98. The second kappa shape index (κ2) is 11.0. The van der Waals surface area contributed by atoms with Crippen LogP contribution in [0.2, 0.25) is 0 Å². The van der Waals surface area contributed by atoms with Gasteiger partial charge in [-0.1, -0.05) is 32.9 Å². The van der Waals surface area contributed by atoms with E-state index in [2.05, 4.69) is 60.4 Å². The van der Waals surface area contributed by atoms with E-state index in [1.807, 2.05) is 12.1 Å². The highest BCUT2D eigenvalue weighted by molar-refractivity contribution is 5.80. The number of amides is 1. The fourth-order valence-electron chi connectivity index (χ4n) is 3.34. The molecule has 2 rings (SSSR count). The molecule has 0 radical (unpaired) electrons. The molecule has 1 heterocycles. The van der Waals surface area contributed by atoms with Crippen LogP contribution < -0.4 is 21.1 Å². The van der Waals surface area contributed by atoms with Crippen molar-refractivity contribution in [3.63, 3.8) is 0 Å². The Hall–Kier alpha value is -2.28. The molecule has 0 atom stereocenters. The second-order valence-electron chi connectivity index (χ2n) is 8.55. The molecule has 29 heavy (non-hydrogen) atoms. The number of ether oxygens (including phenoxy) is 1. The molecule has 1 amide bonds. The number of likely N-dealkylation sites (tertiary alicyclic amines) is 1. The van der Waals surface area contributed by atoms with Crippen LogP contribution in [0, 0.1) is 0 Å². The van der Waals surface area contributed by atoms with E-state index in [1.54, 1.807) is 0 Å². The molecule has 1 aliphatic rings. The summed E-state index contributed by atoms with van der Waals surface area (Å²) in [4.78, 5) is 17.8. The van der Waals surface area contributed by atoms with Crippen LogP contribution in [0.3, 0.4) is 0 Å². The highest BCUT2D eigenvalue weighted by Gasteiger charge is 2.20. The molecule has 1 aliphatic heterocycles. The lowest BCUT2D eigenvalue weighted by molar-refractivity contribution is -0.119. The predicted molar refractivity (Wildman–Crippen MR) is 118 cm³/mol. The average Bonchev–Trinajstić information content (AvgIpc) is 2.66. The molecule has 0 unspecified atom stereocenters. The maximum Gasteiger partial charge on any atom is 0.231 e. The van der Waals surface area contributed by atoms with Gasteiger partial charge in [-0.3, -0.25) is 9.69 Å². The Balaban J connectivity index is 1.80. The zero-order valence-electron chi connectivity index (χ0n) is 18.3. The lowest BCUT2D eigenvalue weighted by Crippen LogP contribution is -2.49. The first-order valence-corrected chi connectivity index (χ1v) is 10.6. The lowest BCUT2D eigenvalue weighted by atomic mass is 9.87. The maximum atomic E-state index is 11.1. The van der Waals surface area contributed by atoms with Crippen LogP contribution in [0.1, 0.15) is 46.1 Å². The van der Waals surface area contributed by atoms with Crippen molar-refractivity contribution < 1.29 is 9.53 Å². The third kappa shape index (κ3) is 8.31. The summed E-state index contributed by atoms with van der Waals surface area (Å²) in [7, 11) is 0. The number of rotatable bonds is 8. The Bertz CT molecular complexity index is 676. The van der Waals surface area contributed by atoms with Gasteiger partial charge in [0.25, 0.3) is 0 Å². The number of nitrogens with two attached hydrogens (primary N) is 1. The van der Waals surface area contributed by atoms with E-state index < -0.39 is 0 Å². The SMILES string of the molecule is CCNC(=NCCOc1cccc(C(C)(C)C)c1)NC1CCN(CC(N)=O)CC1. The number of hydrogen-bond donors (Lipinski definition) is 3. The van der Waals surface area contributed by atoms with Crippen molar-refractivity contribution in [1.29, 1.82) is 0 Å². The van der Waals surface area contributed by atoms with E-state index in [1.165, 1.54) is 5.56 Å². The number of primary amides is 1. The normalized spacial score (nSPS) is 16.5. The summed E-state index contributed by atoms with van der Waals surface area (Å²) in [5, 5.41) is 6.80. The zero-order valence-corrected chi connectivity index (χ0v) is 18.3. The van der Waals surface area contributed by atoms with Crippen molar-refractivity contribution in [2.45, 2.75) is 52.0 Å². The fraction of sp³-hybridized carbons (Fsp3) is 0.636. The van der Waals surface area contributed by atoms with Gasteiger partial charge in [-0.05, 0) is 42.9 Å². The minimum Gasteiger partial charge on any atom is -0.492 e. The molecule has 0 bridgehead atoms. The van der Waals surface area contributed by atoms with E-state index in [4.69, 9.17) is 10.5 Å². The second-order valence-corrected chi connectivity index (χ2v) is 8.55. The highest BCUT2D eigenvalue weighted by Crippen LogP contribution is 2.25. The van der Waals surface area contributed by atoms with Crippen LogP contribution >= 0.6 is 0 Å². The number of carbonyl (C=O) groups is 1. The zero-order chi connectivity index (χ0) is 21.3. The Labute approximate surface area is 175 Å². The van der Waals surface area contributed by atoms with Crippen molar-refractivity contribution in [2.75, 3.05) is 39.3 Å². The number of guanidine groups is 1. The van der Waals surface area contributed by atoms with Crippen molar-refractivity contribution in [3.8, 4) is 5.75 Å². The summed E-state index contributed by atoms with van der Waals surface area (Å²) in [6, 6.07) is 8.61. The summed E-state index contributed by atoms with van der Waals surface area (Å²) >= 11 is 0. The number of aliphatic imine (C=N–C) groups is 1. The van der Waals surface area contributed by atoms with Crippen LogP contribution in [-0.4, -0.2) is 62.1 Å². The van der Waals surface area contributed by atoms with Crippen molar-refractivity contribution in [1.82, 2.24) is 15.5 Å². The molecule has 4 N–H and O–H groups in total. The van der Waals surface area contributed by atoms with Gasteiger partial charge in [0.1, 0.15) is 12.4 Å². The van der Waals surface area contributed by atoms with Crippen molar-refractivity contribution >= 4 is 11.9 Å². The molecule has 7 heteroatoms. The smallest absolute Gasteiger partial charge is 0.231 e. The minimum absolute atomic E-state index is 0.104. The molecule has 162 valence electrons. The summed E-state index contributed by atoms with van der Waals surface area (Å²) in [6.45, 7) is 12.6. The molecule has 0 saturated carbocycles. The van der Waals surface area contributed by atoms with E-state index in [0.29, 0.717) is 25.7 Å². The number of nitrogens with zero attached hydrogens (tertiary/aromatic N) is 2. The first-order chi connectivity index (χ1) is 13.8. The monoisotopic (exact) mass is 403 g/mol. The van der Waals surface area contributed by atoms with E-state index in [0.717, 1.165) is 44.2 Å². The topological polar surface area (TPSA) is 92.0 Å². The number of benzene rings is 1. The Kier molecular flexibility index (Phi) is 8.76. The number of piperidine rings is 1. The number of nitrogens with one attached hydrogen (secondary N) is 2. The average molecular weight is 404 g/mol. The molecule has 1 aromatic rings. The van der Waals surface area contributed by atoms with E-state index in [9.17, 15) is 4.79 Å². The molecule has 0 aromatic heterocycles. The molecular weight excluding hydrogens is 366 g/mol. The van der Waals surface area contributed by atoms with Gasteiger partial charge in [0.2, 0.25) is 5.91 Å². The van der Waals surface area contributed by atoms with Gasteiger partial charge in [-0.15, -0.1) is 0 Å². The van der Waals surface area contributed by atoms with Gasteiger partial charge >= 0.3 is 0 Å². The van der Waals surface area contributed by atoms with Crippen molar-refractivity contribution in [2.24, 2.45) is 10.7 Å². The van der Waals surface area contributed by atoms with Gasteiger partial charge in [0, 0.05) is 25.7 Å². The molecular formula is C22H37N5O2. The van der Waals surface area contributed by atoms with Gasteiger partial charge < -0.3 is 21.1 Å². The summed E-state index contributed by atoms with van der Waals surface area (Å²) < 4.78 is 5.90. The summed E-state index contributed by atoms with van der Waals surface area (Å²) in [5.41, 5.74) is 6.64. The van der Waals surface area contributed by atoms with E-state index in [-0.39, 0.29) is 11.3 Å². The van der Waals surface area contributed by atoms with Crippen LogP contribution in [0.15, 0.2) is 29.3 Å². The van der Waals surface area contributed by atoms with Gasteiger partial charge in [-0.25, -0.2) is 4.99 Å². The molecule has 1 fully saturated rings. The number of hydrogen-bond acceptors (Lipinski definition) is 4. The Morgan fingerprint density at radius 2 is 2.03 bits per heavy atom. The standard InChI is InChI=1S/C22H37N5O2/c1-5-24-21(26-18-9-12-27(13-10-18)16-20(23)28)25-11-14-29-19-8-6-7-17(15-19)22(2,3)4/h6-8,15,18H,5,9-14,16H2,1-4H3,(H2,23,28)(H2,24,25,26). The van der Waals surface area contributed by atoms with Gasteiger partial charge in [-0.2, -0.15) is 0 Å². The molecule has 0 aliphatic carbocycles. The summed E-state index contributed by atoms with van der Waals surface area (Å²) in [6.07, 6.45) is 1.93. The largest absolute Gasteiger partial charge is 0.492 e. The van der Waals surface area contributed by atoms with Gasteiger partial charge in [0.05, 0.1) is 13.1 Å². The van der Waals surface area contributed by atoms with Crippen LogP contribution in [0.25, 0.3) is 0 Å². The van der Waals surface area contributed by atoms with Crippen LogP contribution in [-0.2, 0) is 10.2 Å². The van der Waals surface area contributed by atoms with Crippen molar-refractivity contribution in [3.05, 3.63) is 29.8 Å². The molecule has 1 saturated heterocycles.